The van der Waals surface area contributed by atoms with Crippen molar-refractivity contribution in [1.29, 1.82) is 0 Å². The molecular weight excluding hydrogens is 256 g/mol. The van der Waals surface area contributed by atoms with E-state index in [0.717, 1.165) is 12.8 Å². The largest absolute Gasteiger partial charge is 0.478 e. The van der Waals surface area contributed by atoms with Crippen molar-refractivity contribution in [1.82, 2.24) is 4.98 Å². The van der Waals surface area contributed by atoms with E-state index in [9.17, 15) is 4.79 Å². The van der Waals surface area contributed by atoms with Crippen molar-refractivity contribution in [2.24, 2.45) is 0 Å². The monoisotopic (exact) mass is 270 g/mol. The summed E-state index contributed by atoms with van der Waals surface area (Å²) >= 11 is 5.81. The number of nitrogens with zero attached hydrogens (tertiary/aromatic N) is 2. The van der Waals surface area contributed by atoms with Crippen molar-refractivity contribution in [2.45, 2.75) is 18.9 Å². The maximum atomic E-state index is 11.0. The molecule has 1 fully saturated rings. The van der Waals surface area contributed by atoms with Crippen LogP contribution in [0, 0.1) is 0 Å². The third-order valence-corrected chi connectivity index (χ3v) is 3.19. The zero-order valence-corrected chi connectivity index (χ0v) is 10.9. The molecule has 6 heteroatoms. The highest BCUT2D eigenvalue weighted by Crippen LogP contribution is 2.31. The number of halogens is 1. The average molecular weight is 271 g/mol. The molecule has 18 heavy (non-hydrogen) atoms. The van der Waals surface area contributed by atoms with Gasteiger partial charge in [-0.3, -0.25) is 0 Å². The van der Waals surface area contributed by atoms with Gasteiger partial charge in [-0.05, 0) is 18.9 Å². The van der Waals surface area contributed by atoms with Crippen LogP contribution in [0.15, 0.2) is 12.3 Å². The lowest BCUT2D eigenvalue weighted by molar-refractivity contribution is 0.0697. The molecule has 0 atom stereocenters. The van der Waals surface area contributed by atoms with Crippen LogP contribution < -0.4 is 4.90 Å². The van der Waals surface area contributed by atoms with Crippen molar-refractivity contribution in [3.8, 4) is 0 Å². The summed E-state index contributed by atoms with van der Waals surface area (Å²) in [5.74, 6) is -0.387. The highest BCUT2D eigenvalue weighted by molar-refractivity contribution is 6.33. The van der Waals surface area contributed by atoms with Crippen LogP contribution in [0.5, 0.6) is 0 Å². The van der Waals surface area contributed by atoms with Gasteiger partial charge in [-0.25, -0.2) is 9.78 Å². The molecule has 0 unspecified atom stereocenters. The Labute approximate surface area is 110 Å². The van der Waals surface area contributed by atoms with Crippen molar-refractivity contribution in [2.75, 3.05) is 25.2 Å². The second-order valence-corrected chi connectivity index (χ2v) is 4.65. The van der Waals surface area contributed by atoms with E-state index in [-0.39, 0.29) is 10.6 Å². The van der Waals surface area contributed by atoms with Gasteiger partial charge in [0.15, 0.2) is 0 Å². The fraction of sp³-hybridized carbons (Fsp3) is 0.500. The van der Waals surface area contributed by atoms with Crippen LogP contribution in [-0.4, -0.2) is 42.4 Å². The van der Waals surface area contributed by atoms with E-state index in [4.69, 9.17) is 21.4 Å². The van der Waals surface area contributed by atoms with E-state index in [1.807, 2.05) is 0 Å². The molecule has 1 aromatic rings. The van der Waals surface area contributed by atoms with Gasteiger partial charge < -0.3 is 14.7 Å². The minimum Gasteiger partial charge on any atom is -0.478 e. The number of methoxy groups -OCH3 is 1. The molecular formula is C12H15ClN2O3. The predicted molar refractivity (Wildman–Crippen MR) is 68.5 cm³/mol. The van der Waals surface area contributed by atoms with Gasteiger partial charge in [-0.1, -0.05) is 11.6 Å². The number of carboxylic acids is 1. The van der Waals surface area contributed by atoms with E-state index in [2.05, 4.69) is 9.88 Å². The number of aromatic nitrogens is 1. The predicted octanol–water partition coefficient (Wildman–Crippen LogP) is 2.05. The molecule has 98 valence electrons. The van der Waals surface area contributed by atoms with Crippen LogP contribution in [0.25, 0.3) is 0 Å². The fourth-order valence-corrected chi connectivity index (χ4v) is 1.99. The second-order valence-electron chi connectivity index (χ2n) is 4.24. The minimum atomic E-state index is -1.04. The number of hydrogen-bond donors (Lipinski definition) is 1. The Morgan fingerprint density at radius 3 is 2.94 bits per heavy atom. The Morgan fingerprint density at radius 2 is 2.39 bits per heavy atom. The first kappa shape index (κ1) is 13.1. The maximum Gasteiger partial charge on any atom is 0.337 e. The summed E-state index contributed by atoms with van der Waals surface area (Å²) in [4.78, 5) is 17.3. The summed E-state index contributed by atoms with van der Waals surface area (Å²) < 4.78 is 5.06. The highest BCUT2D eigenvalue weighted by Gasteiger charge is 2.30. The summed E-state index contributed by atoms with van der Waals surface area (Å²) in [6.45, 7) is 1.29. The number of carboxylic acid groups (broad SMARTS) is 1. The van der Waals surface area contributed by atoms with Crippen LogP contribution in [0.3, 0.4) is 0 Å². The fourth-order valence-electron chi connectivity index (χ4n) is 1.81. The number of ether oxygens (including phenoxy) is 1. The van der Waals surface area contributed by atoms with Crippen LogP contribution in [-0.2, 0) is 4.74 Å². The Balaban J connectivity index is 2.24. The van der Waals surface area contributed by atoms with Crippen LogP contribution in [0.4, 0.5) is 5.82 Å². The normalized spacial score (nSPS) is 14.6. The van der Waals surface area contributed by atoms with Gasteiger partial charge in [0.05, 0.1) is 17.2 Å². The number of rotatable bonds is 6. The molecule has 0 amide bonds. The zero-order valence-electron chi connectivity index (χ0n) is 10.1. The first-order valence-electron chi connectivity index (χ1n) is 5.78. The van der Waals surface area contributed by atoms with Crippen LogP contribution in [0.2, 0.25) is 5.02 Å². The molecule has 0 bridgehead atoms. The Bertz CT molecular complexity index is 449. The lowest BCUT2D eigenvalue weighted by atomic mass is 10.2. The molecule has 0 spiro atoms. The minimum absolute atomic E-state index is 0.0877. The van der Waals surface area contributed by atoms with E-state index in [0.29, 0.717) is 25.0 Å². The lowest BCUT2D eigenvalue weighted by Crippen LogP contribution is -2.30. The molecule has 0 radical (unpaired) electrons. The van der Waals surface area contributed by atoms with Crippen LogP contribution >= 0.6 is 11.6 Å². The summed E-state index contributed by atoms with van der Waals surface area (Å²) in [5.41, 5.74) is 0.0877. The van der Waals surface area contributed by atoms with Crippen molar-refractivity contribution in [3.63, 3.8) is 0 Å². The summed E-state index contributed by atoms with van der Waals surface area (Å²) in [6, 6.07) is 1.97. The average Bonchev–Trinajstić information content (AvgIpc) is 3.15. The third kappa shape index (κ3) is 2.91. The Morgan fingerprint density at radius 1 is 1.67 bits per heavy atom. The molecule has 1 aliphatic carbocycles. The maximum absolute atomic E-state index is 11.0. The molecule has 1 saturated carbocycles. The van der Waals surface area contributed by atoms with Crippen molar-refractivity contribution >= 4 is 23.4 Å². The van der Waals surface area contributed by atoms with E-state index in [1.54, 1.807) is 7.11 Å². The zero-order chi connectivity index (χ0) is 13.1. The topological polar surface area (TPSA) is 62.7 Å². The number of aromatic carboxylic acids is 1. The molecule has 1 heterocycles. The standard InChI is InChI=1S/C12H15ClN2O3/c1-18-5-4-15(8-2-3-8)11-6-9(12(16)17)10(13)7-14-11/h6-8H,2-5H2,1H3,(H,16,17). The number of hydrogen-bond acceptors (Lipinski definition) is 4. The Hall–Kier alpha value is -1.33. The summed E-state index contributed by atoms with van der Waals surface area (Å²) in [5, 5.41) is 9.21. The van der Waals surface area contributed by atoms with Gasteiger partial charge in [-0.2, -0.15) is 0 Å². The summed E-state index contributed by atoms with van der Waals surface area (Å²) in [7, 11) is 1.64. The van der Waals surface area contributed by atoms with Crippen LogP contribution in [0.1, 0.15) is 23.2 Å². The van der Waals surface area contributed by atoms with Gasteiger partial charge in [0, 0.05) is 25.9 Å². The second kappa shape index (κ2) is 5.54. The smallest absolute Gasteiger partial charge is 0.337 e. The third-order valence-electron chi connectivity index (χ3n) is 2.89. The summed E-state index contributed by atoms with van der Waals surface area (Å²) in [6.07, 6.45) is 3.61. The van der Waals surface area contributed by atoms with Crippen molar-refractivity contribution in [3.05, 3.63) is 22.8 Å². The van der Waals surface area contributed by atoms with E-state index >= 15 is 0 Å². The molecule has 2 rings (SSSR count). The molecule has 1 aliphatic rings. The molecule has 1 aromatic heterocycles. The Kier molecular flexibility index (Phi) is 4.04. The van der Waals surface area contributed by atoms with E-state index in [1.165, 1.54) is 12.3 Å². The van der Waals surface area contributed by atoms with E-state index < -0.39 is 5.97 Å². The number of pyridine rings is 1. The number of anilines is 1. The quantitative estimate of drug-likeness (QED) is 0.857. The molecule has 5 nitrogen and oxygen atoms in total. The SMILES string of the molecule is COCCN(c1cc(C(=O)O)c(Cl)cn1)C1CC1. The first-order chi connectivity index (χ1) is 8.63. The van der Waals surface area contributed by atoms with Gasteiger partial charge in [0.25, 0.3) is 0 Å². The van der Waals surface area contributed by atoms with Crippen molar-refractivity contribution < 1.29 is 14.6 Å². The van der Waals surface area contributed by atoms with Gasteiger partial charge in [-0.15, -0.1) is 0 Å². The molecule has 0 aromatic carbocycles. The molecule has 0 aliphatic heterocycles. The van der Waals surface area contributed by atoms with Gasteiger partial charge >= 0.3 is 5.97 Å². The highest BCUT2D eigenvalue weighted by atomic mass is 35.5. The molecule has 0 saturated heterocycles. The first-order valence-corrected chi connectivity index (χ1v) is 6.15. The van der Waals surface area contributed by atoms with Gasteiger partial charge in [0.1, 0.15) is 5.82 Å². The van der Waals surface area contributed by atoms with Gasteiger partial charge in [0.2, 0.25) is 0 Å². The molecule has 1 N–H and O–H groups in total. The lowest BCUT2D eigenvalue weighted by Gasteiger charge is -2.23. The number of carbonyl (C=O) groups is 1.